The fourth-order valence-electron chi connectivity index (χ4n) is 1.59. The smallest absolute Gasteiger partial charge is 0.171 e. The van der Waals surface area contributed by atoms with Crippen molar-refractivity contribution in [1.29, 1.82) is 0 Å². The van der Waals surface area contributed by atoms with Crippen molar-refractivity contribution in [2.45, 2.75) is 6.61 Å². The molecular weight excluding hydrogens is 215 g/mol. The molecule has 0 atom stereocenters. The van der Waals surface area contributed by atoms with Crippen molar-refractivity contribution in [1.82, 2.24) is 4.98 Å². The Morgan fingerprint density at radius 1 is 1.47 bits per heavy atom. The first-order valence-electron chi connectivity index (χ1n) is 4.90. The minimum absolute atomic E-state index is 0.274. The van der Waals surface area contributed by atoms with E-state index in [-0.39, 0.29) is 12.4 Å². The van der Waals surface area contributed by atoms with E-state index in [9.17, 15) is 4.39 Å². The molecule has 0 unspecified atom stereocenters. The van der Waals surface area contributed by atoms with Crippen molar-refractivity contribution in [3.63, 3.8) is 0 Å². The largest absolute Gasteiger partial charge is 0.392 e. The van der Waals surface area contributed by atoms with Crippen molar-refractivity contribution in [2.75, 3.05) is 29.5 Å². The van der Waals surface area contributed by atoms with Gasteiger partial charge in [-0.3, -0.25) is 0 Å². The van der Waals surface area contributed by atoms with Gasteiger partial charge < -0.3 is 10.0 Å². The molecule has 1 saturated heterocycles. The van der Waals surface area contributed by atoms with E-state index in [1.807, 2.05) is 16.7 Å². The topological polar surface area (TPSA) is 36.4 Å². The van der Waals surface area contributed by atoms with Gasteiger partial charge in [-0.25, -0.2) is 9.37 Å². The Morgan fingerprint density at radius 2 is 2.20 bits per heavy atom. The minimum atomic E-state index is -0.382. The third-order valence-corrected chi connectivity index (χ3v) is 3.37. The Balaban J connectivity index is 2.26. The van der Waals surface area contributed by atoms with Crippen LogP contribution in [0.3, 0.4) is 0 Å². The number of nitrogens with zero attached hydrogens (tertiary/aromatic N) is 2. The number of rotatable bonds is 2. The van der Waals surface area contributed by atoms with Crippen LogP contribution >= 0.6 is 11.8 Å². The van der Waals surface area contributed by atoms with Gasteiger partial charge in [0.05, 0.1) is 6.61 Å². The molecule has 0 aliphatic carbocycles. The average molecular weight is 228 g/mol. The van der Waals surface area contributed by atoms with E-state index in [0.717, 1.165) is 24.6 Å². The van der Waals surface area contributed by atoms with E-state index in [2.05, 4.69) is 4.98 Å². The number of hydrogen-bond acceptors (Lipinski definition) is 4. The minimum Gasteiger partial charge on any atom is -0.392 e. The maximum absolute atomic E-state index is 13.8. The molecule has 0 spiro atoms. The Kier molecular flexibility index (Phi) is 3.43. The summed E-state index contributed by atoms with van der Waals surface area (Å²) >= 11 is 1.87. The van der Waals surface area contributed by atoms with E-state index in [1.165, 1.54) is 6.07 Å². The second kappa shape index (κ2) is 4.81. The van der Waals surface area contributed by atoms with Gasteiger partial charge in [-0.1, -0.05) is 0 Å². The van der Waals surface area contributed by atoms with Gasteiger partial charge in [0, 0.05) is 36.4 Å². The molecule has 5 heteroatoms. The van der Waals surface area contributed by atoms with E-state index in [0.29, 0.717) is 11.4 Å². The van der Waals surface area contributed by atoms with Gasteiger partial charge in [-0.2, -0.15) is 11.8 Å². The van der Waals surface area contributed by atoms with Crippen LogP contribution in [0.15, 0.2) is 12.3 Å². The summed E-state index contributed by atoms with van der Waals surface area (Å²) in [6.45, 7) is 1.37. The molecule has 0 aromatic carbocycles. The van der Waals surface area contributed by atoms with Crippen LogP contribution in [-0.4, -0.2) is 34.7 Å². The summed E-state index contributed by atoms with van der Waals surface area (Å²) in [7, 11) is 0. The van der Waals surface area contributed by atoms with Crippen molar-refractivity contribution in [3.8, 4) is 0 Å². The van der Waals surface area contributed by atoms with E-state index < -0.39 is 0 Å². The summed E-state index contributed by atoms with van der Waals surface area (Å²) in [5.74, 6) is 2.00. The first kappa shape index (κ1) is 10.7. The predicted molar refractivity (Wildman–Crippen MR) is 59.7 cm³/mol. The zero-order valence-corrected chi connectivity index (χ0v) is 9.13. The first-order chi connectivity index (χ1) is 7.33. The molecule has 1 N–H and O–H groups in total. The Labute approximate surface area is 92.3 Å². The van der Waals surface area contributed by atoms with Crippen molar-refractivity contribution < 1.29 is 9.50 Å². The molecule has 2 heterocycles. The van der Waals surface area contributed by atoms with Gasteiger partial charge in [0.2, 0.25) is 0 Å². The summed E-state index contributed by atoms with van der Waals surface area (Å²) in [6, 6.07) is 1.51. The van der Waals surface area contributed by atoms with Crippen molar-refractivity contribution in [3.05, 3.63) is 23.6 Å². The molecule has 1 aliphatic rings. The number of thioether (sulfide) groups is 1. The summed E-state index contributed by atoms with van der Waals surface area (Å²) < 4.78 is 13.8. The molecule has 1 aromatic rings. The fourth-order valence-corrected chi connectivity index (χ4v) is 2.49. The number of hydrogen-bond donors (Lipinski definition) is 1. The lowest BCUT2D eigenvalue weighted by molar-refractivity contribution is 0.275. The third-order valence-electron chi connectivity index (χ3n) is 2.43. The average Bonchev–Trinajstić information content (AvgIpc) is 2.30. The highest BCUT2D eigenvalue weighted by Gasteiger charge is 2.17. The van der Waals surface area contributed by atoms with Gasteiger partial charge in [0.15, 0.2) is 11.6 Å². The molecule has 1 aromatic heterocycles. The van der Waals surface area contributed by atoms with Crippen LogP contribution in [0, 0.1) is 5.82 Å². The Bertz CT molecular complexity index is 342. The molecule has 82 valence electrons. The fraction of sp³-hybridized carbons (Fsp3) is 0.500. The van der Waals surface area contributed by atoms with Crippen LogP contribution in [0.1, 0.15) is 5.56 Å². The predicted octanol–water partition coefficient (Wildman–Crippen LogP) is 1.27. The maximum Gasteiger partial charge on any atom is 0.171 e. The Morgan fingerprint density at radius 3 is 2.87 bits per heavy atom. The van der Waals surface area contributed by atoms with Crippen LogP contribution in [-0.2, 0) is 6.61 Å². The first-order valence-corrected chi connectivity index (χ1v) is 6.05. The lowest BCUT2D eigenvalue weighted by atomic mass is 10.2. The summed E-state index contributed by atoms with van der Waals surface area (Å²) in [5, 5.41) is 8.95. The zero-order chi connectivity index (χ0) is 10.7. The molecule has 3 nitrogen and oxygen atoms in total. The number of halogens is 1. The second-order valence-electron chi connectivity index (χ2n) is 3.37. The van der Waals surface area contributed by atoms with Gasteiger partial charge in [0.25, 0.3) is 0 Å². The van der Waals surface area contributed by atoms with Gasteiger partial charge in [0.1, 0.15) is 0 Å². The number of anilines is 1. The van der Waals surface area contributed by atoms with Crippen molar-refractivity contribution >= 4 is 17.6 Å². The van der Waals surface area contributed by atoms with Gasteiger partial charge >= 0.3 is 0 Å². The monoisotopic (exact) mass is 228 g/mol. The molecule has 0 bridgehead atoms. The molecule has 0 saturated carbocycles. The normalized spacial score (nSPS) is 16.8. The number of aliphatic hydroxyl groups is 1. The van der Waals surface area contributed by atoms with Gasteiger partial charge in [-0.15, -0.1) is 0 Å². The van der Waals surface area contributed by atoms with Crippen LogP contribution in [0.5, 0.6) is 0 Å². The number of aromatic nitrogens is 1. The molecule has 0 amide bonds. The molecular formula is C10H13FN2OS. The maximum atomic E-state index is 13.8. The van der Waals surface area contributed by atoms with Crippen LogP contribution in [0.25, 0.3) is 0 Å². The quantitative estimate of drug-likeness (QED) is 0.827. The van der Waals surface area contributed by atoms with Crippen LogP contribution < -0.4 is 4.90 Å². The standard InChI is InChI=1S/C10H13FN2OS/c11-9-8(7-14)1-2-12-10(9)13-3-5-15-6-4-13/h1-2,14H,3-7H2. The highest BCUT2D eigenvalue weighted by molar-refractivity contribution is 7.99. The summed E-state index contributed by atoms with van der Waals surface area (Å²) in [4.78, 5) is 5.98. The zero-order valence-electron chi connectivity index (χ0n) is 8.32. The van der Waals surface area contributed by atoms with E-state index in [4.69, 9.17) is 5.11 Å². The summed E-state index contributed by atoms with van der Waals surface area (Å²) in [6.07, 6.45) is 1.55. The SMILES string of the molecule is OCc1ccnc(N2CCSCC2)c1F. The molecule has 1 fully saturated rings. The third kappa shape index (κ3) is 2.23. The summed E-state index contributed by atoms with van der Waals surface area (Å²) in [5.41, 5.74) is 0.318. The second-order valence-corrected chi connectivity index (χ2v) is 4.59. The molecule has 0 radical (unpaired) electrons. The van der Waals surface area contributed by atoms with Gasteiger partial charge in [-0.05, 0) is 6.07 Å². The highest BCUT2D eigenvalue weighted by atomic mass is 32.2. The van der Waals surface area contributed by atoms with Crippen LogP contribution in [0.2, 0.25) is 0 Å². The highest BCUT2D eigenvalue weighted by Crippen LogP contribution is 2.22. The number of aliphatic hydroxyl groups excluding tert-OH is 1. The lowest BCUT2D eigenvalue weighted by Gasteiger charge is -2.27. The van der Waals surface area contributed by atoms with E-state index in [1.54, 1.807) is 6.20 Å². The van der Waals surface area contributed by atoms with Crippen LogP contribution in [0.4, 0.5) is 10.2 Å². The number of pyridine rings is 1. The van der Waals surface area contributed by atoms with Crippen molar-refractivity contribution in [2.24, 2.45) is 0 Å². The molecule has 2 rings (SSSR count). The van der Waals surface area contributed by atoms with E-state index >= 15 is 0 Å². The molecule has 15 heavy (non-hydrogen) atoms. The lowest BCUT2D eigenvalue weighted by Crippen LogP contribution is -2.34. The molecule has 1 aliphatic heterocycles. The Hall–Kier alpha value is -0.810.